The van der Waals surface area contributed by atoms with Crippen molar-refractivity contribution < 1.29 is 23.7 Å². The van der Waals surface area contributed by atoms with E-state index in [1.54, 1.807) is 26.0 Å². The van der Waals surface area contributed by atoms with Crippen molar-refractivity contribution in [2.24, 2.45) is 5.73 Å². The van der Waals surface area contributed by atoms with Crippen LogP contribution in [0, 0.1) is 11.3 Å². The number of benzene rings is 1. The number of hydrogen-bond donors (Lipinski definition) is 1. The molecule has 0 aromatic heterocycles. The van der Waals surface area contributed by atoms with Gasteiger partial charge in [-0.3, -0.25) is 0 Å². The highest BCUT2D eigenvalue weighted by atomic mass is 79.9. The first kappa shape index (κ1) is 21.6. The largest absolute Gasteiger partial charge is 0.493 e. The molecule has 0 radical (unpaired) electrons. The summed E-state index contributed by atoms with van der Waals surface area (Å²) in [7, 11) is 1.53. The van der Waals surface area contributed by atoms with Crippen LogP contribution in [-0.2, 0) is 14.3 Å². The molecule has 1 aliphatic rings. The van der Waals surface area contributed by atoms with Crippen LogP contribution in [0.25, 0.3) is 0 Å². The smallest absolute Gasteiger partial charge is 0.338 e. The third kappa shape index (κ3) is 4.25. The van der Waals surface area contributed by atoms with Gasteiger partial charge in [-0.2, -0.15) is 5.26 Å². The molecule has 0 aliphatic carbocycles. The van der Waals surface area contributed by atoms with Crippen molar-refractivity contribution in [3.8, 4) is 17.6 Å². The van der Waals surface area contributed by atoms with E-state index in [-0.39, 0.29) is 29.4 Å². The predicted molar refractivity (Wildman–Crippen MR) is 106 cm³/mol. The molecular formula is C20H23BrN2O5. The van der Waals surface area contributed by atoms with Crippen molar-refractivity contribution in [1.82, 2.24) is 0 Å². The molecular weight excluding hydrogens is 428 g/mol. The molecule has 2 N–H and O–H groups in total. The number of halogens is 1. The molecule has 8 heteroatoms. The maximum Gasteiger partial charge on any atom is 0.338 e. The number of carbonyl (C=O) groups is 1. The number of nitrogens with zero attached hydrogens (tertiary/aromatic N) is 1. The molecule has 1 atom stereocenters. The fourth-order valence-corrected chi connectivity index (χ4v) is 3.47. The van der Waals surface area contributed by atoms with Crippen molar-refractivity contribution in [1.29, 1.82) is 5.26 Å². The van der Waals surface area contributed by atoms with Crippen molar-refractivity contribution in [3.05, 3.63) is 45.0 Å². The highest BCUT2D eigenvalue weighted by Gasteiger charge is 2.37. The summed E-state index contributed by atoms with van der Waals surface area (Å²) in [4.78, 5) is 12.6. The zero-order valence-corrected chi connectivity index (χ0v) is 17.9. The van der Waals surface area contributed by atoms with Gasteiger partial charge < -0.3 is 24.7 Å². The van der Waals surface area contributed by atoms with Crippen LogP contribution in [0.3, 0.4) is 0 Å². The van der Waals surface area contributed by atoms with Gasteiger partial charge in [0.25, 0.3) is 0 Å². The molecule has 0 saturated heterocycles. The Bertz CT molecular complexity index is 870. The summed E-state index contributed by atoms with van der Waals surface area (Å²) in [6.07, 6.45) is 0.843. The van der Waals surface area contributed by atoms with Gasteiger partial charge in [0.1, 0.15) is 17.4 Å². The van der Waals surface area contributed by atoms with Crippen LogP contribution in [0.1, 0.15) is 38.7 Å². The summed E-state index contributed by atoms with van der Waals surface area (Å²) in [6.45, 7) is 6.05. The van der Waals surface area contributed by atoms with Gasteiger partial charge in [0.15, 0.2) is 11.5 Å². The second-order valence-electron chi connectivity index (χ2n) is 5.99. The van der Waals surface area contributed by atoms with Crippen LogP contribution in [0.15, 0.2) is 39.4 Å². The monoisotopic (exact) mass is 450 g/mol. The van der Waals surface area contributed by atoms with E-state index in [9.17, 15) is 10.1 Å². The summed E-state index contributed by atoms with van der Waals surface area (Å²) >= 11 is 3.53. The minimum Gasteiger partial charge on any atom is -0.493 e. The second-order valence-corrected chi connectivity index (χ2v) is 6.84. The number of rotatable bonds is 7. The average Bonchev–Trinajstić information content (AvgIpc) is 2.66. The summed E-state index contributed by atoms with van der Waals surface area (Å²) in [5.41, 5.74) is 6.90. The van der Waals surface area contributed by atoms with Gasteiger partial charge in [0.2, 0.25) is 5.88 Å². The first-order valence-corrected chi connectivity index (χ1v) is 9.64. The summed E-state index contributed by atoms with van der Waals surface area (Å²) in [5, 5.41) is 9.68. The molecule has 150 valence electrons. The van der Waals surface area contributed by atoms with Gasteiger partial charge >= 0.3 is 5.97 Å². The molecule has 28 heavy (non-hydrogen) atoms. The Morgan fingerprint density at radius 2 is 2.07 bits per heavy atom. The summed E-state index contributed by atoms with van der Waals surface area (Å²) in [5.74, 6) is -0.0492. The lowest BCUT2D eigenvalue weighted by molar-refractivity contribution is -0.139. The van der Waals surface area contributed by atoms with E-state index in [0.29, 0.717) is 28.1 Å². The minimum absolute atomic E-state index is 0.0461. The molecule has 1 heterocycles. The maximum atomic E-state index is 12.6. The zero-order valence-electron chi connectivity index (χ0n) is 16.3. The van der Waals surface area contributed by atoms with Gasteiger partial charge in [0.05, 0.1) is 31.8 Å². The van der Waals surface area contributed by atoms with Crippen LogP contribution in [0.4, 0.5) is 0 Å². The Morgan fingerprint density at radius 3 is 2.64 bits per heavy atom. The van der Waals surface area contributed by atoms with Crippen LogP contribution in [0.2, 0.25) is 0 Å². The third-order valence-corrected chi connectivity index (χ3v) is 4.84. The Balaban J connectivity index is 2.67. The molecule has 1 aromatic carbocycles. The SMILES string of the molecule is CCCOc1cc(Br)c(C2C(C#N)=C(N)OC(C)=C2C(=O)OCC)cc1OC. The molecule has 0 bridgehead atoms. The molecule has 1 aliphatic heterocycles. The van der Waals surface area contributed by atoms with Gasteiger partial charge in [-0.05, 0) is 38.0 Å². The van der Waals surface area contributed by atoms with E-state index >= 15 is 0 Å². The van der Waals surface area contributed by atoms with Gasteiger partial charge in [-0.15, -0.1) is 0 Å². The van der Waals surface area contributed by atoms with Crippen molar-refractivity contribution in [3.63, 3.8) is 0 Å². The molecule has 0 saturated carbocycles. The van der Waals surface area contributed by atoms with Crippen molar-refractivity contribution >= 4 is 21.9 Å². The Labute approximate surface area is 172 Å². The average molecular weight is 451 g/mol. The molecule has 0 amide bonds. The number of carbonyl (C=O) groups excluding carboxylic acids is 1. The third-order valence-electron chi connectivity index (χ3n) is 4.16. The molecule has 1 unspecified atom stereocenters. The number of hydrogen-bond acceptors (Lipinski definition) is 7. The van der Waals surface area contributed by atoms with E-state index in [0.717, 1.165) is 6.42 Å². The number of nitrogens with two attached hydrogens (primary N) is 1. The Hall–Kier alpha value is -2.66. The molecule has 1 aromatic rings. The molecule has 0 spiro atoms. The lowest BCUT2D eigenvalue weighted by Gasteiger charge is -2.28. The minimum atomic E-state index is -0.763. The number of methoxy groups -OCH3 is 1. The normalized spacial score (nSPS) is 16.4. The highest BCUT2D eigenvalue weighted by Crippen LogP contribution is 2.45. The van der Waals surface area contributed by atoms with Crippen LogP contribution in [0.5, 0.6) is 11.5 Å². The van der Waals surface area contributed by atoms with Crippen molar-refractivity contribution in [2.45, 2.75) is 33.1 Å². The fraction of sp³-hybridized carbons (Fsp3) is 0.400. The summed E-state index contributed by atoms with van der Waals surface area (Å²) < 4.78 is 22.4. The van der Waals surface area contributed by atoms with Crippen LogP contribution < -0.4 is 15.2 Å². The molecule has 7 nitrogen and oxygen atoms in total. The van der Waals surface area contributed by atoms with Crippen LogP contribution >= 0.6 is 15.9 Å². The quantitative estimate of drug-likeness (QED) is 0.628. The van der Waals surface area contributed by atoms with E-state index in [1.807, 2.05) is 6.92 Å². The van der Waals surface area contributed by atoms with Gasteiger partial charge in [-0.25, -0.2) is 4.79 Å². The standard InChI is InChI=1S/C20H23BrN2O5/c1-5-7-27-16-9-14(21)12(8-15(16)25-4)18-13(10-22)19(23)28-11(3)17(18)20(24)26-6-2/h8-9,18H,5-7,23H2,1-4H3. The van der Waals surface area contributed by atoms with E-state index in [4.69, 9.17) is 24.7 Å². The van der Waals surface area contributed by atoms with Crippen LogP contribution in [-0.4, -0.2) is 26.3 Å². The van der Waals surface area contributed by atoms with E-state index in [2.05, 4.69) is 22.0 Å². The zero-order chi connectivity index (χ0) is 20.8. The number of esters is 1. The summed E-state index contributed by atoms with van der Waals surface area (Å²) in [6, 6.07) is 5.54. The lowest BCUT2D eigenvalue weighted by atomic mass is 9.83. The van der Waals surface area contributed by atoms with E-state index in [1.165, 1.54) is 7.11 Å². The number of allylic oxidation sites excluding steroid dienone is 2. The molecule has 2 rings (SSSR count). The second kappa shape index (κ2) is 9.51. The number of nitriles is 1. The van der Waals surface area contributed by atoms with Gasteiger partial charge in [0, 0.05) is 4.47 Å². The first-order valence-electron chi connectivity index (χ1n) is 8.85. The predicted octanol–water partition coefficient (Wildman–Crippen LogP) is 3.89. The number of ether oxygens (including phenoxy) is 4. The Morgan fingerprint density at radius 1 is 1.36 bits per heavy atom. The van der Waals surface area contributed by atoms with Crippen molar-refractivity contribution in [2.75, 3.05) is 20.3 Å². The lowest BCUT2D eigenvalue weighted by Crippen LogP contribution is -2.25. The highest BCUT2D eigenvalue weighted by molar-refractivity contribution is 9.10. The maximum absolute atomic E-state index is 12.6. The fourth-order valence-electron chi connectivity index (χ4n) is 2.92. The molecule has 0 fully saturated rings. The van der Waals surface area contributed by atoms with E-state index < -0.39 is 11.9 Å². The first-order chi connectivity index (χ1) is 13.4. The topological polar surface area (TPSA) is 104 Å². The van der Waals surface area contributed by atoms with Gasteiger partial charge in [-0.1, -0.05) is 22.9 Å². The Kier molecular flexibility index (Phi) is 7.35.